The van der Waals surface area contributed by atoms with Gasteiger partial charge in [-0.15, -0.1) is 0 Å². The van der Waals surface area contributed by atoms with Crippen molar-refractivity contribution in [3.05, 3.63) is 0 Å². The Kier molecular flexibility index (Phi) is 13.3. The molecule has 0 aromatic heterocycles. The Morgan fingerprint density at radius 3 is 1.76 bits per heavy atom. The number of carboxylic acid groups (broad SMARTS) is 2. The van der Waals surface area contributed by atoms with Crippen molar-refractivity contribution in [1.29, 1.82) is 0 Å². The van der Waals surface area contributed by atoms with Crippen molar-refractivity contribution in [2.45, 2.75) is 58.3 Å². The SMILES string of the molecule is CCCCCCCCCC(C(=O)O)C(=O)O.[H-].[Li+]. The maximum absolute atomic E-state index is 10.6. The summed E-state index contributed by atoms with van der Waals surface area (Å²) in [6.07, 6.45) is 7.78. The van der Waals surface area contributed by atoms with Crippen LogP contribution in [0, 0.1) is 5.92 Å². The maximum Gasteiger partial charge on any atom is 1.00 e. The molecule has 0 unspecified atom stereocenters. The largest absolute Gasteiger partial charge is 1.00 e. The third kappa shape index (κ3) is 10.4. The van der Waals surface area contributed by atoms with Crippen LogP contribution in [0.1, 0.15) is 59.7 Å². The number of carboxylic acids is 2. The van der Waals surface area contributed by atoms with E-state index in [0.29, 0.717) is 6.42 Å². The number of hydrogen-bond acceptors (Lipinski definition) is 2. The molecule has 4 nitrogen and oxygen atoms in total. The fraction of sp³-hybridized carbons (Fsp3) is 0.833. The molecule has 0 spiro atoms. The Morgan fingerprint density at radius 1 is 0.941 bits per heavy atom. The molecule has 0 radical (unpaired) electrons. The van der Waals surface area contributed by atoms with Gasteiger partial charge in [-0.25, -0.2) is 0 Å². The quantitative estimate of drug-likeness (QED) is 0.320. The fourth-order valence-electron chi connectivity index (χ4n) is 1.66. The molecule has 2 N–H and O–H groups in total. The summed E-state index contributed by atoms with van der Waals surface area (Å²) in [4.78, 5) is 21.1. The predicted molar refractivity (Wildman–Crippen MR) is 62.5 cm³/mol. The van der Waals surface area contributed by atoms with Crippen LogP contribution in [-0.2, 0) is 9.59 Å². The van der Waals surface area contributed by atoms with Gasteiger partial charge in [0, 0.05) is 0 Å². The van der Waals surface area contributed by atoms with E-state index in [1.807, 2.05) is 0 Å². The van der Waals surface area contributed by atoms with Crippen LogP contribution in [0.15, 0.2) is 0 Å². The average Bonchev–Trinajstić information content (AvgIpc) is 2.21. The molecule has 0 fully saturated rings. The summed E-state index contributed by atoms with van der Waals surface area (Å²) in [5.41, 5.74) is 0. The van der Waals surface area contributed by atoms with Crippen molar-refractivity contribution in [1.82, 2.24) is 0 Å². The van der Waals surface area contributed by atoms with Crippen LogP contribution in [0.2, 0.25) is 0 Å². The normalized spacial score (nSPS) is 10.0. The van der Waals surface area contributed by atoms with Crippen LogP contribution in [0.4, 0.5) is 0 Å². The summed E-state index contributed by atoms with van der Waals surface area (Å²) >= 11 is 0. The second kappa shape index (κ2) is 12.0. The first-order chi connectivity index (χ1) is 7.59. The van der Waals surface area contributed by atoms with Gasteiger partial charge in [0.1, 0.15) is 0 Å². The Bertz CT molecular complexity index is 210. The summed E-state index contributed by atoms with van der Waals surface area (Å²) in [7, 11) is 0. The minimum atomic E-state index is -1.23. The Labute approximate surface area is 116 Å². The van der Waals surface area contributed by atoms with Crippen molar-refractivity contribution >= 4 is 11.9 Å². The van der Waals surface area contributed by atoms with Gasteiger partial charge in [-0.1, -0.05) is 51.9 Å². The Morgan fingerprint density at radius 2 is 1.35 bits per heavy atom. The van der Waals surface area contributed by atoms with Crippen LogP contribution in [0.5, 0.6) is 0 Å². The zero-order valence-electron chi connectivity index (χ0n) is 11.9. The van der Waals surface area contributed by atoms with Crippen LogP contribution in [-0.4, -0.2) is 22.2 Å². The van der Waals surface area contributed by atoms with Crippen molar-refractivity contribution in [3.8, 4) is 0 Å². The van der Waals surface area contributed by atoms with Gasteiger partial charge in [0.15, 0.2) is 5.92 Å². The molecule has 0 aliphatic rings. The number of carbonyl (C=O) groups is 2. The summed E-state index contributed by atoms with van der Waals surface area (Å²) in [6.45, 7) is 2.16. The second-order valence-corrected chi connectivity index (χ2v) is 4.14. The first-order valence-electron chi connectivity index (χ1n) is 6.05. The molecular weight excluding hydrogens is 215 g/mol. The van der Waals surface area contributed by atoms with Crippen LogP contribution < -0.4 is 18.9 Å². The molecule has 0 saturated heterocycles. The molecule has 0 aromatic carbocycles. The van der Waals surface area contributed by atoms with Gasteiger partial charge in [0.2, 0.25) is 0 Å². The molecule has 0 saturated carbocycles. The van der Waals surface area contributed by atoms with E-state index in [1.54, 1.807) is 0 Å². The fourth-order valence-corrected chi connectivity index (χ4v) is 1.66. The predicted octanol–water partition coefficient (Wildman–Crippen LogP) is 0.0290. The minimum absolute atomic E-state index is 0. The first-order valence-corrected chi connectivity index (χ1v) is 6.05. The second-order valence-electron chi connectivity index (χ2n) is 4.14. The van der Waals surface area contributed by atoms with Gasteiger partial charge >= 0.3 is 30.8 Å². The average molecular weight is 238 g/mol. The van der Waals surface area contributed by atoms with Crippen molar-refractivity contribution in [2.75, 3.05) is 0 Å². The van der Waals surface area contributed by atoms with Crippen molar-refractivity contribution in [2.24, 2.45) is 5.92 Å². The first kappa shape index (κ1) is 18.9. The summed E-state index contributed by atoms with van der Waals surface area (Å²) < 4.78 is 0. The molecule has 5 heteroatoms. The molecule has 0 amide bonds. The van der Waals surface area contributed by atoms with Crippen molar-refractivity contribution < 1.29 is 40.1 Å². The summed E-state index contributed by atoms with van der Waals surface area (Å²) in [6, 6.07) is 0. The van der Waals surface area contributed by atoms with Gasteiger partial charge in [-0.3, -0.25) is 9.59 Å². The molecule has 0 aliphatic carbocycles. The number of rotatable bonds is 10. The van der Waals surface area contributed by atoms with Gasteiger partial charge in [-0.2, -0.15) is 0 Å². The maximum atomic E-state index is 10.6. The zero-order valence-corrected chi connectivity index (χ0v) is 10.9. The van der Waals surface area contributed by atoms with E-state index in [4.69, 9.17) is 10.2 Å². The van der Waals surface area contributed by atoms with E-state index in [1.165, 1.54) is 25.7 Å². The Balaban J connectivity index is -0.00000112. The van der Waals surface area contributed by atoms with E-state index in [9.17, 15) is 9.59 Å². The van der Waals surface area contributed by atoms with E-state index in [-0.39, 0.29) is 26.7 Å². The zero-order chi connectivity index (χ0) is 12.4. The molecule has 0 aliphatic heterocycles. The Hall–Kier alpha value is -0.463. The molecule has 96 valence electrons. The van der Waals surface area contributed by atoms with Crippen LogP contribution in [0.25, 0.3) is 0 Å². The third-order valence-electron chi connectivity index (χ3n) is 2.69. The van der Waals surface area contributed by atoms with E-state index >= 15 is 0 Å². The summed E-state index contributed by atoms with van der Waals surface area (Å²) in [5, 5.41) is 17.3. The molecule has 0 rings (SSSR count). The number of unbranched alkanes of at least 4 members (excludes halogenated alkanes) is 6. The van der Waals surface area contributed by atoms with Gasteiger partial charge in [0.25, 0.3) is 0 Å². The van der Waals surface area contributed by atoms with Crippen LogP contribution in [0.3, 0.4) is 0 Å². The van der Waals surface area contributed by atoms with Gasteiger partial charge < -0.3 is 11.6 Å². The third-order valence-corrected chi connectivity index (χ3v) is 2.69. The topological polar surface area (TPSA) is 74.6 Å². The molecule has 0 atom stereocenters. The van der Waals surface area contributed by atoms with E-state index in [2.05, 4.69) is 6.92 Å². The molecule has 0 heterocycles. The van der Waals surface area contributed by atoms with E-state index < -0.39 is 17.9 Å². The van der Waals surface area contributed by atoms with Gasteiger partial charge in [-0.05, 0) is 6.42 Å². The summed E-state index contributed by atoms with van der Waals surface area (Å²) in [5.74, 6) is -3.67. The number of hydrogen-bond donors (Lipinski definition) is 2. The van der Waals surface area contributed by atoms with Gasteiger partial charge in [0.05, 0.1) is 0 Å². The molecule has 17 heavy (non-hydrogen) atoms. The monoisotopic (exact) mass is 238 g/mol. The van der Waals surface area contributed by atoms with E-state index in [0.717, 1.165) is 12.8 Å². The van der Waals surface area contributed by atoms with Crippen molar-refractivity contribution in [3.63, 3.8) is 0 Å². The number of aliphatic carboxylic acids is 2. The molecular formula is C12H23LiO4. The molecule has 0 aromatic rings. The standard InChI is InChI=1S/C12H22O4.Li.H/c1-2-3-4-5-6-7-8-9-10(11(13)14)12(15)16;;/h10H,2-9H2,1H3,(H,13,14)(H,15,16);;/q;+1;-1. The van der Waals surface area contributed by atoms with Crippen LogP contribution >= 0.6 is 0 Å². The molecule has 0 bridgehead atoms. The minimum Gasteiger partial charge on any atom is -1.00 e. The smallest absolute Gasteiger partial charge is 1.00 e.